The van der Waals surface area contributed by atoms with E-state index in [9.17, 15) is 14.7 Å². The maximum atomic E-state index is 13.1. The molecule has 3 saturated carbocycles. The van der Waals surface area contributed by atoms with Crippen molar-refractivity contribution >= 4 is 11.8 Å². The number of fused-ring (bicyclic) bond motifs is 1. The largest absolute Gasteiger partial charge is 0.458 e. The molecule has 3 aliphatic carbocycles. The molecule has 0 unspecified atom stereocenters. The maximum Gasteiger partial charge on any atom is 0.312 e. The van der Waals surface area contributed by atoms with Gasteiger partial charge in [-0.3, -0.25) is 9.59 Å². The van der Waals surface area contributed by atoms with Crippen LogP contribution in [0.4, 0.5) is 0 Å². The predicted molar refractivity (Wildman–Crippen MR) is 89.0 cm³/mol. The molecule has 0 aromatic heterocycles. The molecule has 4 fully saturated rings. The zero-order valence-corrected chi connectivity index (χ0v) is 14.9. The monoisotopic (exact) mass is 332 g/mol. The van der Waals surface area contributed by atoms with Gasteiger partial charge in [0.2, 0.25) is 0 Å². The average molecular weight is 332 g/mol. The van der Waals surface area contributed by atoms with Gasteiger partial charge in [-0.15, -0.1) is 6.58 Å². The SMILES string of the molecule is C=C[C@]1(C)CC[C@]2(C)[C@@H](C1)C(=O)[C@@H](O)[C@H]1[C@]3(C)CCC[C@@]12OC3=O. The molecule has 1 N–H and O–H groups in total. The molecule has 0 aromatic carbocycles. The number of carbonyl (C=O) groups is 2. The van der Waals surface area contributed by atoms with Gasteiger partial charge in [-0.2, -0.15) is 0 Å². The minimum atomic E-state index is -1.09. The van der Waals surface area contributed by atoms with E-state index in [0.717, 1.165) is 25.7 Å². The highest BCUT2D eigenvalue weighted by atomic mass is 16.6. The van der Waals surface area contributed by atoms with Gasteiger partial charge in [0, 0.05) is 17.3 Å². The summed E-state index contributed by atoms with van der Waals surface area (Å²) in [4.78, 5) is 25.9. The summed E-state index contributed by atoms with van der Waals surface area (Å²) in [6.07, 6.45) is 5.70. The first-order valence-electron chi connectivity index (χ1n) is 9.22. The Kier molecular flexibility index (Phi) is 3.07. The third kappa shape index (κ3) is 1.59. The van der Waals surface area contributed by atoms with E-state index in [0.29, 0.717) is 12.8 Å². The van der Waals surface area contributed by atoms with E-state index in [4.69, 9.17) is 4.74 Å². The quantitative estimate of drug-likeness (QED) is 0.592. The summed E-state index contributed by atoms with van der Waals surface area (Å²) in [5, 5.41) is 10.9. The summed E-state index contributed by atoms with van der Waals surface area (Å²) in [6, 6.07) is 0. The van der Waals surface area contributed by atoms with Gasteiger partial charge < -0.3 is 9.84 Å². The Bertz CT molecular complexity index is 642. The van der Waals surface area contributed by atoms with Gasteiger partial charge in [-0.25, -0.2) is 0 Å². The van der Waals surface area contributed by atoms with E-state index >= 15 is 0 Å². The van der Waals surface area contributed by atoms with Gasteiger partial charge in [0.25, 0.3) is 0 Å². The smallest absolute Gasteiger partial charge is 0.312 e. The summed E-state index contributed by atoms with van der Waals surface area (Å²) >= 11 is 0. The molecule has 0 radical (unpaired) electrons. The number of Topliss-reactive ketones (excluding diaryl/α,β-unsaturated/α-hetero) is 1. The molecule has 1 heterocycles. The fourth-order valence-electron chi connectivity index (χ4n) is 6.52. The van der Waals surface area contributed by atoms with E-state index in [2.05, 4.69) is 20.4 Å². The number of rotatable bonds is 1. The van der Waals surface area contributed by atoms with Crippen molar-refractivity contribution in [3.8, 4) is 0 Å². The highest BCUT2D eigenvalue weighted by Crippen LogP contribution is 2.70. The standard InChI is InChI=1S/C20H28O4/c1-5-17(2)9-10-19(4)12(11-17)13(21)14(22)15-18(3)7-6-8-20(15,19)24-16(18)23/h5,12,14-15,22H,1,6-11H2,2-4H3/t12-,14+,15-,17+,18-,19+,20+/m0/s1. The van der Waals surface area contributed by atoms with Crippen LogP contribution in [0, 0.1) is 28.1 Å². The fraction of sp³-hybridized carbons (Fsp3) is 0.800. The lowest BCUT2D eigenvalue weighted by Gasteiger charge is -2.62. The van der Waals surface area contributed by atoms with E-state index in [-0.39, 0.29) is 28.5 Å². The molecule has 1 saturated heterocycles. The molecular weight excluding hydrogens is 304 g/mol. The molecule has 0 aromatic rings. The minimum Gasteiger partial charge on any atom is -0.458 e. The van der Waals surface area contributed by atoms with Crippen molar-refractivity contribution in [1.29, 1.82) is 0 Å². The first kappa shape index (κ1) is 16.3. The molecule has 7 atom stereocenters. The summed E-state index contributed by atoms with van der Waals surface area (Å²) in [7, 11) is 0. The summed E-state index contributed by atoms with van der Waals surface area (Å²) in [6.45, 7) is 10.1. The molecule has 24 heavy (non-hydrogen) atoms. The Morgan fingerprint density at radius 3 is 2.54 bits per heavy atom. The number of allylic oxidation sites excluding steroid dienone is 1. The van der Waals surface area contributed by atoms with Crippen LogP contribution in [0.3, 0.4) is 0 Å². The molecule has 2 bridgehead atoms. The Balaban J connectivity index is 1.87. The second kappa shape index (κ2) is 4.51. The van der Waals surface area contributed by atoms with Crippen LogP contribution in [0.15, 0.2) is 12.7 Å². The third-order valence-corrected chi connectivity index (χ3v) is 8.24. The van der Waals surface area contributed by atoms with Crippen LogP contribution in [0.2, 0.25) is 0 Å². The normalized spacial score (nSPS) is 56.2. The Labute approximate surface area is 143 Å². The average Bonchev–Trinajstić information content (AvgIpc) is 2.68. The highest BCUT2D eigenvalue weighted by molar-refractivity contribution is 5.92. The van der Waals surface area contributed by atoms with Gasteiger partial charge in [-0.05, 0) is 50.9 Å². The van der Waals surface area contributed by atoms with Crippen LogP contribution >= 0.6 is 0 Å². The lowest BCUT2D eigenvalue weighted by atomic mass is 9.41. The van der Waals surface area contributed by atoms with E-state index in [1.807, 2.05) is 13.0 Å². The first-order valence-corrected chi connectivity index (χ1v) is 9.22. The number of esters is 1. The zero-order valence-electron chi connectivity index (χ0n) is 14.9. The topological polar surface area (TPSA) is 63.6 Å². The lowest BCUT2D eigenvalue weighted by molar-refractivity contribution is -0.221. The van der Waals surface area contributed by atoms with Gasteiger partial charge >= 0.3 is 5.97 Å². The van der Waals surface area contributed by atoms with Crippen molar-refractivity contribution < 1.29 is 19.4 Å². The highest BCUT2D eigenvalue weighted by Gasteiger charge is 2.78. The maximum absolute atomic E-state index is 13.1. The van der Waals surface area contributed by atoms with Crippen LogP contribution in [-0.4, -0.2) is 28.6 Å². The molecule has 0 spiro atoms. The number of hydrogen-bond donors (Lipinski definition) is 1. The van der Waals surface area contributed by atoms with Crippen LogP contribution in [0.5, 0.6) is 0 Å². The Morgan fingerprint density at radius 1 is 1.17 bits per heavy atom. The van der Waals surface area contributed by atoms with Gasteiger partial charge in [0.05, 0.1) is 5.41 Å². The van der Waals surface area contributed by atoms with Crippen molar-refractivity contribution in [2.45, 2.75) is 71.0 Å². The first-order chi connectivity index (χ1) is 11.1. The summed E-state index contributed by atoms with van der Waals surface area (Å²) in [5.41, 5.74) is -1.88. The van der Waals surface area contributed by atoms with E-state index < -0.39 is 23.0 Å². The van der Waals surface area contributed by atoms with Gasteiger partial charge in [0.15, 0.2) is 5.78 Å². The second-order valence-electron chi connectivity index (χ2n) is 9.41. The van der Waals surface area contributed by atoms with Gasteiger partial charge in [-0.1, -0.05) is 19.9 Å². The Hall–Kier alpha value is -1.16. The molecule has 4 heteroatoms. The third-order valence-electron chi connectivity index (χ3n) is 8.24. The van der Waals surface area contributed by atoms with E-state index in [1.54, 1.807) is 0 Å². The fourth-order valence-corrected chi connectivity index (χ4v) is 6.52. The molecular formula is C20H28O4. The van der Waals surface area contributed by atoms with Crippen LogP contribution < -0.4 is 0 Å². The number of aliphatic hydroxyl groups is 1. The van der Waals surface area contributed by atoms with E-state index in [1.165, 1.54) is 0 Å². The van der Waals surface area contributed by atoms with Crippen molar-refractivity contribution in [3.05, 3.63) is 12.7 Å². The molecule has 4 rings (SSSR count). The summed E-state index contributed by atoms with van der Waals surface area (Å²) < 4.78 is 6.10. The molecule has 0 amide bonds. The van der Waals surface area contributed by atoms with Crippen LogP contribution in [0.25, 0.3) is 0 Å². The zero-order chi connectivity index (χ0) is 17.5. The van der Waals surface area contributed by atoms with Crippen molar-refractivity contribution in [2.24, 2.45) is 28.1 Å². The number of hydrogen-bond acceptors (Lipinski definition) is 4. The molecule has 132 valence electrons. The minimum absolute atomic E-state index is 0.0858. The number of aliphatic hydroxyl groups excluding tert-OH is 1. The number of ether oxygens (including phenoxy) is 1. The van der Waals surface area contributed by atoms with Crippen LogP contribution in [0.1, 0.15) is 59.3 Å². The Morgan fingerprint density at radius 2 is 1.88 bits per heavy atom. The van der Waals surface area contributed by atoms with Crippen LogP contribution in [-0.2, 0) is 14.3 Å². The van der Waals surface area contributed by atoms with Crippen molar-refractivity contribution in [3.63, 3.8) is 0 Å². The van der Waals surface area contributed by atoms with Gasteiger partial charge in [0.1, 0.15) is 11.7 Å². The molecule has 4 aliphatic rings. The number of ketones is 1. The summed E-state index contributed by atoms with van der Waals surface area (Å²) in [5.74, 6) is -0.963. The van der Waals surface area contributed by atoms with Crippen molar-refractivity contribution in [2.75, 3.05) is 0 Å². The molecule has 1 aliphatic heterocycles. The lowest BCUT2D eigenvalue weighted by Crippen LogP contribution is -2.69. The molecule has 4 nitrogen and oxygen atoms in total. The van der Waals surface area contributed by atoms with Crippen molar-refractivity contribution in [1.82, 2.24) is 0 Å². The predicted octanol–water partition coefficient (Wildman–Crippen LogP) is 3.03. The second-order valence-corrected chi connectivity index (χ2v) is 9.41. The number of carbonyl (C=O) groups excluding carboxylic acids is 2.